The molecule has 8 heteroatoms. The summed E-state index contributed by atoms with van der Waals surface area (Å²) in [5, 5.41) is 17.3. The van der Waals surface area contributed by atoms with Crippen molar-refractivity contribution in [3.63, 3.8) is 0 Å². The Kier molecular flexibility index (Phi) is 4.90. The largest absolute Gasteiger partial charge is 0.416 e. The minimum atomic E-state index is -4.60. The van der Waals surface area contributed by atoms with Gasteiger partial charge < -0.3 is 10.6 Å². The van der Waals surface area contributed by atoms with Gasteiger partial charge in [-0.15, -0.1) is 0 Å². The van der Waals surface area contributed by atoms with Gasteiger partial charge in [0.1, 0.15) is 5.69 Å². The van der Waals surface area contributed by atoms with Gasteiger partial charge in [-0.25, -0.2) is 0 Å². The second-order valence-electron chi connectivity index (χ2n) is 5.53. The highest BCUT2D eigenvalue weighted by Crippen LogP contribution is 2.35. The van der Waals surface area contributed by atoms with E-state index in [0.717, 1.165) is 38.1 Å². The minimum Gasteiger partial charge on any atom is -0.377 e. The molecule has 2 rings (SSSR count). The number of alkyl halides is 3. The average Bonchev–Trinajstić information content (AvgIpc) is 2.47. The summed E-state index contributed by atoms with van der Waals surface area (Å²) in [6.07, 6.45) is -2.59. The number of rotatable bonds is 4. The molecule has 2 atom stereocenters. The number of benzene rings is 1. The number of nitro groups is 1. The van der Waals surface area contributed by atoms with Crippen LogP contribution in [0.2, 0.25) is 0 Å². The monoisotopic (exact) mass is 317 g/mol. The molecule has 1 heterocycles. The van der Waals surface area contributed by atoms with E-state index < -0.39 is 22.4 Å². The van der Waals surface area contributed by atoms with E-state index in [1.54, 1.807) is 0 Å². The minimum absolute atomic E-state index is 0.0664. The summed E-state index contributed by atoms with van der Waals surface area (Å²) in [5.74, 6) is 0.288. The van der Waals surface area contributed by atoms with Crippen molar-refractivity contribution < 1.29 is 18.1 Å². The van der Waals surface area contributed by atoms with E-state index in [4.69, 9.17) is 0 Å². The van der Waals surface area contributed by atoms with Crippen LogP contribution in [-0.2, 0) is 6.18 Å². The van der Waals surface area contributed by atoms with Gasteiger partial charge in [-0.2, -0.15) is 13.2 Å². The van der Waals surface area contributed by atoms with Gasteiger partial charge >= 0.3 is 6.18 Å². The van der Waals surface area contributed by atoms with Crippen LogP contribution >= 0.6 is 0 Å². The first kappa shape index (κ1) is 16.5. The summed E-state index contributed by atoms with van der Waals surface area (Å²) < 4.78 is 38.0. The Balaban J connectivity index is 2.20. The molecule has 122 valence electrons. The second-order valence-corrected chi connectivity index (χ2v) is 5.53. The summed E-state index contributed by atoms with van der Waals surface area (Å²) in [4.78, 5) is 10.3. The molecular weight excluding hydrogens is 299 g/mol. The molecule has 1 aliphatic rings. The molecular formula is C14H18F3N3O2. The van der Waals surface area contributed by atoms with Crippen LogP contribution in [0.4, 0.5) is 24.5 Å². The van der Waals surface area contributed by atoms with Gasteiger partial charge in [-0.1, -0.05) is 0 Å². The normalized spacial score (nSPS) is 20.5. The van der Waals surface area contributed by atoms with Crippen molar-refractivity contribution in [2.24, 2.45) is 5.92 Å². The van der Waals surface area contributed by atoms with Crippen LogP contribution in [0.5, 0.6) is 0 Å². The third kappa shape index (κ3) is 3.88. The number of hydrogen-bond donors (Lipinski definition) is 2. The molecule has 2 N–H and O–H groups in total. The van der Waals surface area contributed by atoms with E-state index in [9.17, 15) is 23.3 Å². The molecule has 1 aliphatic heterocycles. The van der Waals surface area contributed by atoms with Crippen molar-refractivity contribution in [1.82, 2.24) is 5.32 Å². The van der Waals surface area contributed by atoms with Crippen LogP contribution in [0, 0.1) is 16.0 Å². The van der Waals surface area contributed by atoms with Gasteiger partial charge in [0.25, 0.3) is 5.69 Å². The molecule has 0 aromatic heterocycles. The fraction of sp³-hybridized carbons (Fsp3) is 0.571. The number of nitro benzene ring substituents is 1. The standard InChI is InChI=1S/C14H18F3N3O2/c1-9(10-3-2-6-18-8-10)19-12-5-4-11(14(15,16)17)7-13(12)20(21)22/h4-5,7,9-10,18-19H,2-3,6,8H2,1H3. The fourth-order valence-corrected chi connectivity index (χ4v) is 2.65. The molecule has 1 aromatic rings. The molecule has 1 saturated heterocycles. The maximum absolute atomic E-state index is 12.7. The van der Waals surface area contributed by atoms with Crippen molar-refractivity contribution in [2.45, 2.75) is 32.0 Å². The predicted octanol–water partition coefficient (Wildman–Crippen LogP) is 3.41. The molecule has 1 fully saturated rings. The smallest absolute Gasteiger partial charge is 0.377 e. The summed E-state index contributed by atoms with van der Waals surface area (Å²) in [6.45, 7) is 3.63. The number of nitrogens with one attached hydrogen (secondary N) is 2. The second kappa shape index (κ2) is 6.51. The molecule has 22 heavy (non-hydrogen) atoms. The van der Waals surface area contributed by atoms with Gasteiger partial charge in [-0.05, 0) is 50.9 Å². The highest BCUT2D eigenvalue weighted by molar-refractivity contribution is 5.63. The lowest BCUT2D eigenvalue weighted by atomic mass is 9.92. The fourth-order valence-electron chi connectivity index (χ4n) is 2.65. The van der Waals surface area contributed by atoms with Crippen LogP contribution in [0.15, 0.2) is 18.2 Å². The summed E-state index contributed by atoms with van der Waals surface area (Å²) >= 11 is 0. The highest BCUT2D eigenvalue weighted by Gasteiger charge is 2.33. The zero-order valence-electron chi connectivity index (χ0n) is 12.1. The van der Waals surface area contributed by atoms with Gasteiger partial charge in [-0.3, -0.25) is 10.1 Å². The average molecular weight is 317 g/mol. The molecule has 1 aromatic carbocycles. The number of halogens is 3. The van der Waals surface area contributed by atoms with E-state index in [0.29, 0.717) is 6.07 Å². The molecule has 0 spiro atoms. The van der Waals surface area contributed by atoms with Crippen LogP contribution in [-0.4, -0.2) is 24.1 Å². The third-order valence-corrected chi connectivity index (χ3v) is 3.95. The van der Waals surface area contributed by atoms with Gasteiger partial charge in [0.2, 0.25) is 0 Å². The Morgan fingerprint density at radius 2 is 2.18 bits per heavy atom. The molecule has 0 saturated carbocycles. The number of piperidine rings is 1. The SMILES string of the molecule is CC(Nc1ccc(C(F)(F)F)cc1[N+](=O)[O-])C1CCCNC1. The van der Waals surface area contributed by atoms with Crippen molar-refractivity contribution in [2.75, 3.05) is 18.4 Å². The van der Waals surface area contributed by atoms with Crippen molar-refractivity contribution in [3.05, 3.63) is 33.9 Å². The van der Waals surface area contributed by atoms with Crippen LogP contribution < -0.4 is 10.6 Å². The van der Waals surface area contributed by atoms with E-state index in [1.807, 2.05) is 6.92 Å². The highest BCUT2D eigenvalue weighted by atomic mass is 19.4. The zero-order valence-corrected chi connectivity index (χ0v) is 12.1. The topological polar surface area (TPSA) is 67.2 Å². The zero-order chi connectivity index (χ0) is 16.3. The van der Waals surface area contributed by atoms with Crippen LogP contribution in [0.3, 0.4) is 0 Å². The Morgan fingerprint density at radius 3 is 2.73 bits per heavy atom. The lowest BCUT2D eigenvalue weighted by Crippen LogP contribution is -2.38. The Hall–Kier alpha value is -1.83. The first-order chi connectivity index (χ1) is 10.3. The molecule has 5 nitrogen and oxygen atoms in total. The van der Waals surface area contributed by atoms with E-state index in [2.05, 4.69) is 10.6 Å². The quantitative estimate of drug-likeness (QED) is 0.659. The molecule has 0 aliphatic carbocycles. The number of nitrogens with zero attached hydrogens (tertiary/aromatic N) is 1. The Labute approximate surface area is 126 Å². The van der Waals surface area contributed by atoms with Gasteiger partial charge in [0.05, 0.1) is 10.5 Å². The van der Waals surface area contributed by atoms with E-state index >= 15 is 0 Å². The summed E-state index contributed by atoms with van der Waals surface area (Å²) in [5.41, 5.74) is -1.45. The molecule has 0 bridgehead atoms. The van der Waals surface area contributed by atoms with Crippen LogP contribution in [0.1, 0.15) is 25.3 Å². The Bertz CT molecular complexity index is 543. The summed E-state index contributed by atoms with van der Waals surface area (Å²) in [6, 6.07) is 2.51. The van der Waals surface area contributed by atoms with Crippen molar-refractivity contribution in [3.8, 4) is 0 Å². The lowest BCUT2D eigenvalue weighted by Gasteiger charge is -2.29. The first-order valence-corrected chi connectivity index (χ1v) is 7.12. The molecule has 0 amide bonds. The van der Waals surface area contributed by atoms with Crippen molar-refractivity contribution in [1.29, 1.82) is 0 Å². The maximum Gasteiger partial charge on any atom is 0.416 e. The Morgan fingerprint density at radius 1 is 1.45 bits per heavy atom. The van der Waals surface area contributed by atoms with Crippen LogP contribution in [0.25, 0.3) is 0 Å². The molecule has 2 unspecified atom stereocenters. The molecule has 0 radical (unpaired) electrons. The van der Waals surface area contributed by atoms with E-state index in [-0.39, 0.29) is 17.6 Å². The lowest BCUT2D eigenvalue weighted by molar-refractivity contribution is -0.384. The van der Waals surface area contributed by atoms with Gasteiger partial charge in [0.15, 0.2) is 0 Å². The first-order valence-electron chi connectivity index (χ1n) is 7.12. The third-order valence-electron chi connectivity index (χ3n) is 3.95. The maximum atomic E-state index is 12.7. The number of anilines is 1. The van der Waals surface area contributed by atoms with E-state index in [1.165, 1.54) is 0 Å². The summed E-state index contributed by atoms with van der Waals surface area (Å²) in [7, 11) is 0. The number of hydrogen-bond acceptors (Lipinski definition) is 4. The predicted molar refractivity (Wildman–Crippen MR) is 76.8 cm³/mol. The van der Waals surface area contributed by atoms with Gasteiger partial charge in [0, 0.05) is 12.1 Å². The van der Waals surface area contributed by atoms with Crippen molar-refractivity contribution >= 4 is 11.4 Å².